The molecular weight excluding hydrogens is 307 g/mol. The van der Waals surface area contributed by atoms with E-state index in [1.807, 2.05) is 0 Å². The van der Waals surface area contributed by atoms with Crippen LogP contribution < -0.4 is 10.2 Å². The molecule has 1 saturated heterocycles. The highest BCUT2D eigenvalue weighted by molar-refractivity contribution is 7.90. The number of nitrogens with zero attached hydrogens (tertiary/aromatic N) is 1. The van der Waals surface area contributed by atoms with E-state index in [4.69, 9.17) is 0 Å². The van der Waals surface area contributed by atoms with Crippen molar-refractivity contribution in [3.63, 3.8) is 0 Å². The van der Waals surface area contributed by atoms with Crippen LogP contribution in [0.3, 0.4) is 0 Å². The number of carbonyl (C=O) groups excluding carboxylic acids is 1. The Balaban J connectivity index is 1.74. The van der Waals surface area contributed by atoms with Gasteiger partial charge in [0, 0.05) is 38.0 Å². The standard InChI is InChI=1S/C15H21FN2O3S/c1-22(20,21)9-7-15(19)17-10-12-6-8-18(11-12)14-4-2-13(16)3-5-14/h2-5,12H,6-11H2,1H3,(H,17,19). The molecule has 1 fully saturated rings. The molecule has 1 aliphatic rings. The van der Waals surface area contributed by atoms with Gasteiger partial charge in [0.05, 0.1) is 5.75 Å². The highest BCUT2D eigenvalue weighted by atomic mass is 32.2. The molecule has 0 aliphatic carbocycles. The molecule has 7 heteroatoms. The molecule has 22 heavy (non-hydrogen) atoms. The summed E-state index contributed by atoms with van der Waals surface area (Å²) in [6.45, 7) is 2.22. The summed E-state index contributed by atoms with van der Waals surface area (Å²) in [7, 11) is -3.10. The van der Waals surface area contributed by atoms with Gasteiger partial charge in [-0.2, -0.15) is 0 Å². The van der Waals surface area contributed by atoms with Crippen LogP contribution in [-0.4, -0.2) is 46.0 Å². The first-order valence-electron chi connectivity index (χ1n) is 7.28. The highest BCUT2D eigenvalue weighted by Gasteiger charge is 2.23. The normalized spacial score (nSPS) is 18.5. The van der Waals surface area contributed by atoms with Crippen molar-refractivity contribution in [3.05, 3.63) is 30.1 Å². The fraction of sp³-hybridized carbons (Fsp3) is 0.533. The van der Waals surface area contributed by atoms with Crippen LogP contribution >= 0.6 is 0 Å². The molecule has 0 aromatic heterocycles. The number of rotatable bonds is 6. The van der Waals surface area contributed by atoms with Gasteiger partial charge in [0.2, 0.25) is 5.91 Å². The average Bonchev–Trinajstić information content (AvgIpc) is 2.92. The zero-order valence-electron chi connectivity index (χ0n) is 12.6. The number of nitrogens with one attached hydrogen (secondary N) is 1. The van der Waals surface area contributed by atoms with Crippen LogP contribution in [0, 0.1) is 11.7 Å². The number of carbonyl (C=O) groups is 1. The van der Waals surface area contributed by atoms with Gasteiger partial charge in [0.15, 0.2) is 0 Å². The zero-order chi connectivity index (χ0) is 16.2. The van der Waals surface area contributed by atoms with Crippen LogP contribution in [-0.2, 0) is 14.6 Å². The molecule has 0 bridgehead atoms. The first-order chi connectivity index (χ1) is 10.3. The van der Waals surface area contributed by atoms with Gasteiger partial charge < -0.3 is 10.2 Å². The van der Waals surface area contributed by atoms with Crippen molar-refractivity contribution < 1.29 is 17.6 Å². The summed E-state index contributed by atoms with van der Waals surface area (Å²) in [5, 5.41) is 2.79. The monoisotopic (exact) mass is 328 g/mol. The Morgan fingerprint density at radius 3 is 2.68 bits per heavy atom. The van der Waals surface area contributed by atoms with Gasteiger partial charge in [-0.3, -0.25) is 4.79 Å². The van der Waals surface area contributed by atoms with Crippen molar-refractivity contribution in [2.45, 2.75) is 12.8 Å². The third kappa shape index (κ3) is 5.29. The van der Waals surface area contributed by atoms with Gasteiger partial charge >= 0.3 is 0 Å². The van der Waals surface area contributed by atoms with Gasteiger partial charge in [-0.25, -0.2) is 12.8 Å². The Bertz CT molecular complexity index is 616. The maximum atomic E-state index is 12.9. The third-order valence-electron chi connectivity index (χ3n) is 3.77. The second kappa shape index (κ2) is 7.09. The minimum Gasteiger partial charge on any atom is -0.371 e. The number of hydrogen-bond acceptors (Lipinski definition) is 4. The van der Waals surface area contributed by atoms with E-state index in [2.05, 4.69) is 10.2 Å². The fourth-order valence-electron chi connectivity index (χ4n) is 2.51. The maximum Gasteiger partial charge on any atom is 0.221 e. The van der Waals surface area contributed by atoms with Crippen molar-refractivity contribution >= 4 is 21.4 Å². The zero-order valence-corrected chi connectivity index (χ0v) is 13.4. The van der Waals surface area contributed by atoms with Crippen LogP contribution in [0.5, 0.6) is 0 Å². The number of hydrogen-bond donors (Lipinski definition) is 1. The minimum absolute atomic E-state index is 0.00717. The van der Waals surface area contributed by atoms with E-state index in [0.717, 1.165) is 31.5 Å². The number of benzene rings is 1. The van der Waals surface area contributed by atoms with E-state index >= 15 is 0 Å². The quantitative estimate of drug-likeness (QED) is 0.852. The first-order valence-corrected chi connectivity index (χ1v) is 9.34. The van der Waals surface area contributed by atoms with Crippen LogP contribution in [0.15, 0.2) is 24.3 Å². The number of sulfone groups is 1. The van der Waals surface area contributed by atoms with E-state index in [1.165, 1.54) is 12.1 Å². The van der Waals surface area contributed by atoms with Crippen molar-refractivity contribution in [3.8, 4) is 0 Å². The van der Waals surface area contributed by atoms with E-state index in [9.17, 15) is 17.6 Å². The smallest absolute Gasteiger partial charge is 0.221 e. The van der Waals surface area contributed by atoms with Crippen LogP contribution in [0.4, 0.5) is 10.1 Å². The van der Waals surface area contributed by atoms with Crippen LogP contribution in [0.2, 0.25) is 0 Å². The largest absolute Gasteiger partial charge is 0.371 e. The predicted octanol–water partition coefficient (Wildman–Crippen LogP) is 1.20. The van der Waals surface area contributed by atoms with Gasteiger partial charge in [-0.1, -0.05) is 0 Å². The topological polar surface area (TPSA) is 66.5 Å². The highest BCUT2D eigenvalue weighted by Crippen LogP contribution is 2.23. The second-order valence-corrected chi connectivity index (χ2v) is 8.02. The average molecular weight is 328 g/mol. The Hall–Kier alpha value is -1.63. The Morgan fingerprint density at radius 1 is 1.36 bits per heavy atom. The second-order valence-electron chi connectivity index (χ2n) is 5.76. The number of anilines is 1. The molecule has 122 valence electrons. The molecule has 0 saturated carbocycles. The Labute approximate surface area is 130 Å². The van der Waals surface area contributed by atoms with E-state index in [-0.39, 0.29) is 23.9 Å². The molecule has 2 rings (SSSR count). The molecule has 1 heterocycles. The van der Waals surface area contributed by atoms with Gasteiger partial charge in [-0.05, 0) is 36.6 Å². The maximum absolute atomic E-state index is 12.9. The number of halogens is 1. The van der Waals surface area contributed by atoms with Gasteiger partial charge in [0.25, 0.3) is 0 Å². The minimum atomic E-state index is -3.10. The molecule has 1 aromatic carbocycles. The molecule has 1 aliphatic heterocycles. The van der Waals surface area contributed by atoms with Crippen molar-refractivity contribution in [2.75, 3.05) is 36.5 Å². The number of amides is 1. The lowest BCUT2D eigenvalue weighted by Crippen LogP contribution is -2.31. The molecular formula is C15H21FN2O3S. The summed E-state index contributed by atoms with van der Waals surface area (Å²) in [5.74, 6) is -0.277. The summed E-state index contributed by atoms with van der Waals surface area (Å²) in [4.78, 5) is 13.8. The van der Waals surface area contributed by atoms with E-state index < -0.39 is 9.84 Å². The van der Waals surface area contributed by atoms with Crippen molar-refractivity contribution in [1.29, 1.82) is 0 Å². The van der Waals surface area contributed by atoms with Gasteiger partial charge in [0.1, 0.15) is 15.7 Å². The summed E-state index contributed by atoms with van der Waals surface area (Å²) in [6.07, 6.45) is 2.08. The molecule has 5 nitrogen and oxygen atoms in total. The molecule has 1 amide bonds. The summed E-state index contributed by atoms with van der Waals surface area (Å²) < 4.78 is 34.9. The lowest BCUT2D eigenvalue weighted by Gasteiger charge is -2.18. The van der Waals surface area contributed by atoms with E-state index in [0.29, 0.717) is 12.5 Å². The molecule has 0 radical (unpaired) electrons. The predicted molar refractivity (Wildman–Crippen MR) is 84.1 cm³/mol. The summed E-state index contributed by atoms with van der Waals surface area (Å²) in [6, 6.07) is 6.38. The van der Waals surface area contributed by atoms with Crippen molar-refractivity contribution in [1.82, 2.24) is 5.32 Å². The van der Waals surface area contributed by atoms with Crippen molar-refractivity contribution in [2.24, 2.45) is 5.92 Å². The fourth-order valence-corrected chi connectivity index (χ4v) is 3.07. The Kier molecular flexibility index (Phi) is 5.39. The molecule has 1 atom stereocenters. The Morgan fingerprint density at radius 2 is 2.05 bits per heavy atom. The van der Waals surface area contributed by atoms with Crippen LogP contribution in [0.25, 0.3) is 0 Å². The summed E-state index contributed by atoms with van der Waals surface area (Å²) >= 11 is 0. The molecule has 1 N–H and O–H groups in total. The SMILES string of the molecule is CS(=O)(=O)CCC(=O)NCC1CCN(c2ccc(F)cc2)C1. The molecule has 1 aromatic rings. The van der Waals surface area contributed by atoms with E-state index in [1.54, 1.807) is 12.1 Å². The lowest BCUT2D eigenvalue weighted by atomic mass is 10.1. The lowest BCUT2D eigenvalue weighted by molar-refractivity contribution is -0.120. The van der Waals surface area contributed by atoms with Gasteiger partial charge in [-0.15, -0.1) is 0 Å². The molecule has 0 spiro atoms. The van der Waals surface area contributed by atoms with Crippen LogP contribution in [0.1, 0.15) is 12.8 Å². The molecule has 1 unspecified atom stereocenters. The third-order valence-corrected chi connectivity index (χ3v) is 4.71. The summed E-state index contributed by atoms with van der Waals surface area (Å²) in [5.41, 5.74) is 0.979. The first kappa shape index (κ1) is 16.7.